The van der Waals surface area contributed by atoms with Gasteiger partial charge in [-0.3, -0.25) is 14.4 Å². The van der Waals surface area contributed by atoms with Crippen LogP contribution in [0.2, 0.25) is 0 Å². The van der Waals surface area contributed by atoms with Gasteiger partial charge in [0.1, 0.15) is 17.5 Å². The van der Waals surface area contributed by atoms with E-state index in [9.17, 15) is 13.2 Å². The third kappa shape index (κ3) is 6.03. The molecular formula is C29H32N6O5S. The van der Waals surface area contributed by atoms with E-state index < -0.39 is 22.0 Å². The molecule has 12 heteroatoms. The first kappa shape index (κ1) is 28.1. The second-order valence-electron chi connectivity index (χ2n) is 9.85. The Labute approximate surface area is 238 Å². The number of anilines is 3. The Bertz CT molecular complexity index is 1670. The molecule has 214 valence electrons. The Morgan fingerprint density at radius 3 is 2.22 bits per heavy atom. The lowest BCUT2D eigenvalue weighted by atomic mass is 10.0. The van der Waals surface area contributed by atoms with Gasteiger partial charge in [0.2, 0.25) is 5.91 Å². The van der Waals surface area contributed by atoms with Gasteiger partial charge in [-0.1, -0.05) is 24.3 Å². The molecule has 4 aromatic rings. The first-order valence-electron chi connectivity index (χ1n) is 13.1. The van der Waals surface area contributed by atoms with Crippen LogP contribution in [0.15, 0.2) is 71.6 Å². The maximum absolute atomic E-state index is 13.7. The molecule has 2 unspecified atom stereocenters. The first-order valence-corrected chi connectivity index (χ1v) is 14.6. The smallest absolute Gasteiger partial charge is 0.263 e. The van der Waals surface area contributed by atoms with Crippen molar-refractivity contribution in [2.24, 2.45) is 5.73 Å². The second kappa shape index (κ2) is 11.6. The molecular weight excluding hydrogens is 544 g/mol. The number of para-hydroxylation sites is 2. The van der Waals surface area contributed by atoms with Crippen molar-refractivity contribution in [1.82, 2.24) is 14.9 Å². The summed E-state index contributed by atoms with van der Waals surface area (Å²) in [5.74, 6) is 0.726. The first-order chi connectivity index (χ1) is 19.7. The molecule has 0 saturated carbocycles. The zero-order chi connectivity index (χ0) is 29.1. The van der Waals surface area contributed by atoms with Crippen LogP contribution in [-0.2, 0) is 14.8 Å². The summed E-state index contributed by atoms with van der Waals surface area (Å²) < 4.78 is 40.7. The minimum Gasteiger partial charge on any atom is -0.497 e. The Morgan fingerprint density at radius 1 is 0.976 bits per heavy atom. The maximum atomic E-state index is 13.7. The third-order valence-corrected chi connectivity index (χ3v) is 8.44. The lowest BCUT2D eigenvalue weighted by Gasteiger charge is -2.29. The van der Waals surface area contributed by atoms with Gasteiger partial charge in [0.15, 0.2) is 11.6 Å². The van der Waals surface area contributed by atoms with Crippen LogP contribution in [0.4, 0.5) is 17.3 Å². The summed E-state index contributed by atoms with van der Waals surface area (Å²) in [6.07, 6.45) is 1.89. The molecule has 1 aliphatic rings. The number of rotatable bonds is 10. The highest BCUT2D eigenvalue weighted by atomic mass is 32.2. The number of nitrogens with one attached hydrogen (secondary N) is 2. The van der Waals surface area contributed by atoms with Crippen LogP contribution < -0.4 is 25.2 Å². The van der Waals surface area contributed by atoms with E-state index in [4.69, 9.17) is 15.2 Å². The molecule has 1 saturated heterocycles. The summed E-state index contributed by atoms with van der Waals surface area (Å²) in [4.78, 5) is 23.7. The van der Waals surface area contributed by atoms with Crippen molar-refractivity contribution in [1.29, 1.82) is 0 Å². The lowest BCUT2D eigenvalue weighted by Crippen LogP contribution is -2.39. The number of likely N-dealkylation sites (tertiary alicyclic amines) is 1. The molecule has 5 rings (SSSR count). The number of sulfonamides is 1. The molecule has 1 amide bonds. The van der Waals surface area contributed by atoms with Crippen molar-refractivity contribution in [2.75, 3.05) is 30.8 Å². The average molecular weight is 577 g/mol. The van der Waals surface area contributed by atoms with Crippen LogP contribution in [-0.4, -0.2) is 56.0 Å². The van der Waals surface area contributed by atoms with Crippen LogP contribution in [0.5, 0.6) is 11.5 Å². The number of hydrogen-bond donors (Lipinski definition) is 3. The van der Waals surface area contributed by atoms with Gasteiger partial charge in [-0.2, -0.15) is 0 Å². The number of nitrogens with two attached hydrogens (primary N) is 1. The van der Waals surface area contributed by atoms with E-state index in [0.717, 1.165) is 12.8 Å². The van der Waals surface area contributed by atoms with E-state index in [0.29, 0.717) is 40.3 Å². The normalized spacial score (nSPS) is 16.3. The van der Waals surface area contributed by atoms with E-state index in [1.54, 1.807) is 48.5 Å². The zero-order valence-corrected chi connectivity index (χ0v) is 23.8. The molecule has 1 aliphatic heterocycles. The van der Waals surface area contributed by atoms with Crippen LogP contribution in [0.25, 0.3) is 11.0 Å². The molecule has 4 N–H and O–H groups in total. The summed E-state index contributed by atoms with van der Waals surface area (Å²) in [5.41, 5.74) is 7.93. The fraction of sp³-hybridized carbons (Fsp3) is 0.276. The number of carbonyl (C=O) groups is 1. The molecule has 1 aromatic heterocycles. The van der Waals surface area contributed by atoms with E-state index in [1.807, 2.05) is 17.9 Å². The summed E-state index contributed by atoms with van der Waals surface area (Å²) in [6, 6.07) is 18.0. The minimum absolute atomic E-state index is 0.00416. The summed E-state index contributed by atoms with van der Waals surface area (Å²) in [5, 5.41) is 3.15. The molecule has 0 radical (unpaired) electrons. The van der Waals surface area contributed by atoms with Crippen molar-refractivity contribution < 1.29 is 22.7 Å². The number of primary amides is 1. The number of aromatic nitrogens is 2. The molecule has 0 spiro atoms. The predicted octanol–water partition coefficient (Wildman–Crippen LogP) is 4.20. The van der Waals surface area contributed by atoms with Gasteiger partial charge in [0.05, 0.1) is 30.1 Å². The molecule has 0 aliphatic carbocycles. The minimum atomic E-state index is -4.15. The number of amides is 1. The standard InChI is InChI=1S/C29H32N6O5S/c1-18-8-7-13-35(18)26(27(30)36)19-9-6-10-23(14-19)41(37,38)34-29-28(32-24-11-4-5-12-25(24)33-29)31-20-15-21(39-2)17-22(16-20)40-3/h4-6,9-12,14-18,26H,7-8,13H2,1-3H3,(H2,30,36)(H,31,32)(H,33,34). The molecule has 1 fully saturated rings. The van der Waals surface area contributed by atoms with Gasteiger partial charge in [0.25, 0.3) is 10.0 Å². The largest absolute Gasteiger partial charge is 0.497 e. The third-order valence-electron chi connectivity index (χ3n) is 7.11. The Balaban J connectivity index is 1.52. The molecule has 41 heavy (non-hydrogen) atoms. The maximum Gasteiger partial charge on any atom is 0.263 e. The quantitative estimate of drug-likeness (QED) is 0.252. The van der Waals surface area contributed by atoms with Gasteiger partial charge in [0, 0.05) is 29.9 Å². The SMILES string of the molecule is COc1cc(Nc2nc3ccccc3nc2NS(=O)(=O)c2cccc(C(C(N)=O)N3CCCC3C)c2)cc(OC)c1. The van der Waals surface area contributed by atoms with Crippen molar-refractivity contribution >= 4 is 44.3 Å². The predicted molar refractivity (Wildman–Crippen MR) is 157 cm³/mol. The van der Waals surface area contributed by atoms with Gasteiger partial charge in [-0.05, 0) is 56.1 Å². The molecule has 0 bridgehead atoms. The Morgan fingerprint density at radius 2 is 1.63 bits per heavy atom. The topological polar surface area (TPSA) is 149 Å². The van der Waals surface area contributed by atoms with Gasteiger partial charge in [-0.15, -0.1) is 0 Å². The van der Waals surface area contributed by atoms with Crippen molar-refractivity contribution in [2.45, 2.75) is 36.7 Å². The number of benzene rings is 3. The highest BCUT2D eigenvalue weighted by molar-refractivity contribution is 7.92. The van der Waals surface area contributed by atoms with E-state index >= 15 is 0 Å². The molecule has 11 nitrogen and oxygen atoms in total. The van der Waals surface area contributed by atoms with Crippen molar-refractivity contribution in [3.8, 4) is 11.5 Å². The van der Waals surface area contributed by atoms with Gasteiger partial charge < -0.3 is 20.5 Å². The van der Waals surface area contributed by atoms with Crippen LogP contribution in [0.3, 0.4) is 0 Å². The van der Waals surface area contributed by atoms with Crippen LogP contribution >= 0.6 is 0 Å². The van der Waals surface area contributed by atoms with Gasteiger partial charge in [-0.25, -0.2) is 18.4 Å². The number of nitrogens with zero attached hydrogens (tertiary/aromatic N) is 3. The average Bonchev–Trinajstić information content (AvgIpc) is 3.38. The fourth-order valence-electron chi connectivity index (χ4n) is 5.07. The van der Waals surface area contributed by atoms with Crippen LogP contribution in [0.1, 0.15) is 31.4 Å². The van der Waals surface area contributed by atoms with Crippen molar-refractivity contribution in [3.05, 3.63) is 72.3 Å². The molecule has 2 atom stereocenters. The zero-order valence-electron chi connectivity index (χ0n) is 23.0. The van der Waals surface area contributed by atoms with Crippen LogP contribution in [0, 0.1) is 0 Å². The van der Waals surface area contributed by atoms with Crippen molar-refractivity contribution in [3.63, 3.8) is 0 Å². The van der Waals surface area contributed by atoms with E-state index in [-0.39, 0.29) is 22.6 Å². The molecule has 3 aromatic carbocycles. The fourth-order valence-corrected chi connectivity index (χ4v) is 6.13. The number of hydrogen-bond acceptors (Lipinski definition) is 9. The number of methoxy groups -OCH3 is 2. The Hall–Kier alpha value is -4.42. The summed E-state index contributed by atoms with van der Waals surface area (Å²) in [6.45, 7) is 2.75. The lowest BCUT2D eigenvalue weighted by molar-refractivity contribution is -0.123. The Kier molecular flexibility index (Phi) is 7.95. The molecule has 2 heterocycles. The number of fused-ring (bicyclic) bond motifs is 1. The number of carbonyl (C=O) groups excluding carboxylic acids is 1. The van der Waals surface area contributed by atoms with E-state index in [1.165, 1.54) is 26.4 Å². The highest BCUT2D eigenvalue weighted by Gasteiger charge is 2.33. The second-order valence-corrected chi connectivity index (χ2v) is 11.5. The van der Waals surface area contributed by atoms with E-state index in [2.05, 4.69) is 20.0 Å². The highest BCUT2D eigenvalue weighted by Crippen LogP contribution is 2.33. The number of ether oxygens (including phenoxy) is 2. The summed E-state index contributed by atoms with van der Waals surface area (Å²) in [7, 11) is -1.08. The summed E-state index contributed by atoms with van der Waals surface area (Å²) >= 11 is 0. The van der Waals surface area contributed by atoms with Gasteiger partial charge >= 0.3 is 0 Å². The monoisotopic (exact) mass is 576 g/mol.